The van der Waals surface area contributed by atoms with Crippen LogP contribution in [0.25, 0.3) is 0 Å². The Morgan fingerprint density at radius 3 is 2.77 bits per heavy atom. The van der Waals surface area contributed by atoms with E-state index in [0.717, 1.165) is 19.4 Å². The summed E-state index contributed by atoms with van der Waals surface area (Å²) in [4.78, 5) is 11.8. The van der Waals surface area contributed by atoms with Gasteiger partial charge in [-0.3, -0.25) is 0 Å². The highest BCUT2D eigenvalue weighted by atomic mass is 16.6. The van der Waals surface area contributed by atoms with Crippen molar-refractivity contribution in [2.45, 2.75) is 58.1 Å². The van der Waals surface area contributed by atoms with Crippen LogP contribution in [-0.4, -0.2) is 24.8 Å². The van der Waals surface area contributed by atoms with Crippen LogP contribution in [0, 0.1) is 6.92 Å². The fraction of sp³-hybridized carbons (Fsp3) is 0.611. The van der Waals surface area contributed by atoms with Crippen LogP contribution in [0.15, 0.2) is 24.3 Å². The van der Waals surface area contributed by atoms with Gasteiger partial charge in [-0.05, 0) is 59.1 Å². The largest absolute Gasteiger partial charge is 0.444 e. The second-order valence-electron chi connectivity index (χ2n) is 7.16. The molecule has 1 aromatic rings. The molecule has 1 aliphatic heterocycles. The second kappa shape index (κ2) is 6.69. The third kappa shape index (κ3) is 4.47. The van der Waals surface area contributed by atoms with E-state index in [4.69, 9.17) is 4.74 Å². The summed E-state index contributed by atoms with van der Waals surface area (Å²) in [6.07, 6.45) is 2.80. The summed E-state index contributed by atoms with van der Waals surface area (Å²) < 4.78 is 5.29. The number of amides is 1. The number of rotatable bonds is 4. The molecule has 1 atom stereocenters. The molecular weight excluding hydrogens is 276 g/mol. The first-order valence-corrected chi connectivity index (χ1v) is 8.10. The maximum atomic E-state index is 11.8. The zero-order chi connectivity index (χ0) is 16.2. The average Bonchev–Trinajstić information content (AvgIpc) is 2.86. The van der Waals surface area contributed by atoms with Gasteiger partial charge in [0.1, 0.15) is 5.60 Å². The zero-order valence-electron chi connectivity index (χ0n) is 14.2. The maximum Gasteiger partial charge on any atom is 0.407 e. The molecular formula is C18H28N2O2. The first kappa shape index (κ1) is 16.8. The summed E-state index contributed by atoms with van der Waals surface area (Å²) in [6, 6.07) is 8.64. The van der Waals surface area contributed by atoms with Crippen LogP contribution in [-0.2, 0) is 10.3 Å². The highest BCUT2D eigenvalue weighted by Gasteiger charge is 2.34. The zero-order valence-corrected chi connectivity index (χ0v) is 14.2. The standard InChI is InChI=1S/C18H28N2O2/c1-14-7-5-8-15(13-14)18(9-6-11-20-18)10-12-19-16(21)22-17(2,3)4/h5,7-8,13,20H,6,9-12H2,1-4H3,(H,19,21). The summed E-state index contributed by atoms with van der Waals surface area (Å²) in [5, 5.41) is 6.52. The summed E-state index contributed by atoms with van der Waals surface area (Å²) in [5.74, 6) is 0. The van der Waals surface area contributed by atoms with Gasteiger partial charge in [0.05, 0.1) is 0 Å². The van der Waals surface area contributed by atoms with Crippen LogP contribution < -0.4 is 10.6 Å². The van der Waals surface area contributed by atoms with Gasteiger partial charge in [-0.15, -0.1) is 0 Å². The lowest BCUT2D eigenvalue weighted by Crippen LogP contribution is -2.41. The SMILES string of the molecule is Cc1cccc(C2(CCNC(=O)OC(C)(C)C)CCCN2)c1. The molecule has 1 aromatic carbocycles. The van der Waals surface area contributed by atoms with Gasteiger partial charge in [-0.2, -0.15) is 0 Å². The van der Waals surface area contributed by atoms with E-state index in [0.29, 0.717) is 6.54 Å². The molecule has 2 rings (SSSR count). The van der Waals surface area contributed by atoms with Crippen molar-refractivity contribution in [3.05, 3.63) is 35.4 Å². The summed E-state index contributed by atoms with van der Waals surface area (Å²) in [5.41, 5.74) is 2.10. The predicted octanol–water partition coefficient (Wildman–Crippen LogP) is 3.49. The Kier molecular flexibility index (Phi) is 5.12. The molecule has 0 aromatic heterocycles. The van der Waals surface area contributed by atoms with Crippen LogP contribution >= 0.6 is 0 Å². The number of carbonyl (C=O) groups excluding carboxylic acids is 1. The number of benzene rings is 1. The Labute approximate surface area is 133 Å². The normalized spacial score (nSPS) is 21.6. The smallest absolute Gasteiger partial charge is 0.407 e. The number of alkyl carbamates (subject to hydrolysis) is 1. The van der Waals surface area contributed by atoms with Crippen molar-refractivity contribution >= 4 is 6.09 Å². The minimum Gasteiger partial charge on any atom is -0.444 e. The molecule has 0 aliphatic carbocycles. The molecule has 0 radical (unpaired) electrons. The molecule has 22 heavy (non-hydrogen) atoms. The number of hydrogen-bond donors (Lipinski definition) is 2. The van der Waals surface area contributed by atoms with Crippen LogP contribution in [0.5, 0.6) is 0 Å². The molecule has 1 unspecified atom stereocenters. The maximum absolute atomic E-state index is 11.8. The molecule has 4 nitrogen and oxygen atoms in total. The Balaban J connectivity index is 1.97. The Bertz CT molecular complexity index is 514. The molecule has 122 valence electrons. The van der Waals surface area contributed by atoms with Gasteiger partial charge < -0.3 is 15.4 Å². The lowest BCUT2D eigenvalue weighted by Gasteiger charge is -2.31. The molecule has 1 amide bonds. The van der Waals surface area contributed by atoms with Crippen molar-refractivity contribution in [1.29, 1.82) is 0 Å². The van der Waals surface area contributed by atoms with Gasteiger partial charge in [0.2, 0.25) is 0 Å². The number of carbonyl (C=O) groups is 1. The van der Waals surface area contributed by atoms with Gasteiger partial charge in [-0.25, -0.2) is 4.79 Å². The van der Waals surface area contributed by atoms with Crippen LogP contribution in [0.3, 0.4) is 0 Å². The summed E-state index contributed by atoms with van der Waals surface area (Å²) in [6.45, 7) is 9.37. The van der Waals surface area contributed by atoms with E-state index in [-0.39, 0.29) is 11.6 Å². The monoisotopic (exact) mass is 304 g/mol. The predicted molar refractivity (Wildman–Crippen MR) is 88.9 cm³/mol. The average molecular weight is 304 g/mol. The van der Waals surface area contributed by atoms with Crippen molar-refractivity contribution in [1.82, 2.24) is 10.6 Å². The van der Waals surface area contributed by atoms with E-state index >= 15 is 0 Å². The van der Waals surface area contributed by atoms with Crippen LogP contribution in [0.2, 0.25) is 0 Å². The van der Waals surface area contributed by atoms with E-state index in [1.165, 1.54) is 17.5 Å². The molecule has 2 N–H and O–H groups in total. The third-order valence-electron chi connectivity index (χ3n) is 4.03. The molecule has 1 saturated heterocycles. The minimum atomic E-state index is -0.454. The van der Waals surface area contributed by atoms with Gasteiger partial charge in [0.25, 0.3) is 0 Å². The molecule has 0 bridgehead atoms. The van der Waals surface area contributed by atoms with Crippen LogP contribution in [0.1, 0.15) is 51.2 Å². The highest BCUT2D eigenvalue weighted by Crippen LogP contribution is 2.34. The fourth-order valence-electron chi connectivity index (χ4n) is 3.05. The van der Waals surface area contributed by atoms with E-state index < -0.39 is 5.60 Å². The molecule has 0 saturated carbocycles. The summed E-state index contributed by atoms with van der Waals surface area (Å²) in [7, 11) is 0. The Morgan fingerprint density at radius 2 is 2.18 bits per heavy atom. The lowest BCUT2D eigenvalue weighted by molar-refractivity contribution is 0.0523. The highest BCUT2D eigenvalue weighted by molar-refractivity contribution is 5.67. The molecule has 1 heterocycles. The Morgan fingerprint density at radius 1 is 1.41 bits per heavy atom. The minimum absolute atomic E-state index is 0.0268. The first-order chi connectivity index (χ1) is 10.3. The van der Waals surface area contributed by atoms with E-state index in [1.807, 2.05) is 20.8 Å². The van der Waals surface area contributed by atoms with Crippen molar-refractivity contribution in [3.8, 4) is 0 Å². The van der Waals surface area contributed by atoms with E-state index in [9.17, 15) is 4.79 Å². The van der Waals surface area contributed by atoms with Gasteiger partial charge >= 0.3 is 6.09 Å². The van der Waals surface area contributed by atoms with Gasteiger partial charge in [-0.1, -0.05) is 29.8 Å². The summed E-state index contributed by atoms with van der Waals surface area (Å²) >= 11 is 0. The quantitative estimate of drug-likeness (QED) is 0.895. The van der Waals surface area contributed by atoms with Gasteiger partial charge in [0, 0.05) is 12.1 Å². The number of hydrogen-bond acceptors (Lipinski definition) is 3. The van der Waals surface area contributed by atoms with Crippen molar-refractivity contribution in [3.63, 3.8) is 0 Å². The second-order valence-corrected chi connectivity index (χ2v) is 7.16. The number of ether oxygens (including phenoxy) is 1. The molecule has 1 fully saturated rings. The van der Waals surface area contributed by atoms with E-state index in [2.05, 4.69) is 41.8 Å². The number of aryl methyl sites for hydroxylation is 1. The van der Waals surface area contributed by atoms with Gasteiger partial charge in [0.15, 0.2) is 0 Å². The molecule has 0 spiro atoms. The topological polar surface area (TPSA) is 50.4 Å². The third-order valence-corrected chi connectivity index (χ3v) is 4.03. The Hall–Kier alpha value is -1.55. The lowest BCUT2D eigenvalue weighted by atomic mass is 9.84. The van der Waals surface area contributed by atoms with Crippen molar-refractivity contribution < 1.29 is 9.53 Å². The first-order valence-electron chi connectivity index (χ1n) is 8.10. The van der Waals surface area contributed by atoms with E-state index in [1.54, 1.807) is 0 Å². The number of nitrogens with one attached hydrogen (secondary N) is 2. The van der Waals surface area contributed by atoms with Crippen LogP contribution in [0.4, 0.5) is 4.79 Å². The fourth-order valence-corrected chi connectivity index (χ4v) is 3.05. The molecule has 4 heteroatoms. The van der Waals surface area contributed by atoms with Crippen molar-refractivity contribution in [2.24, 2.45) is 0 Å². The molecule has 1 aliphatic rings. The van der Waals surface area contributed by atoms with Crippen molar-refractivity contribution in [2.75, 3.05) is 13.1 Å².